The van der Waals surface area contributed by atoms with Gasteiger partial charge in [-0.05, 0) is 42.7 Å². The molecule has 4 heteroatoms. The van der Waals surface area contributed by atoms with Crippen LogP contribution in [0.5, 0.6) is 0 Å². The molecule has 122 valence electrons. The molecule has 1 saturated heterocycles. The van der Waals surface area contributed by atoms with Crippen molar-refractivity contribution >= 4 is 11.6 Å². The highest BCUT2D eigenvalue weighted by Crippen LogP contribution is 2.15. The predicted molar refractivity (Wildman–Crippen MR) is 95.7 cm³/mol. The average Bonchev–Trinajstić information content (AvgIpc) is 2.52. The van der Waals surface area contributed by atoms with Crippen molar-refractivity contribution in [3.8, 4) is 0 Å². The second kappa shape index (κ2) is 7.43. The summed E-state index contributed by atoms with van der Waals surface area (Å²) < 4.78 is 0. The smallest absolute Gasteiger partial charge is 0.0573 e. The highest BCUT2D eigenvalue weighted by molar-refractivity contribution is 6.30. The molecule has 23 heavy (non-hydrogen) atoms. The first-order chi connectivity index (χ1) is 11.1. The number of nitrogens with zero attached hydrogens (tertiary/aromatic N) is 3. The summed E-state index contributed by atoms with van der Waals surface area (Å²) in [6, 6.07) is 10.4. The van der Waals surface area contributed by atoms with Crippen molar-refractivity contribution in [3.63, 3.8) is 0 Å². The topological polar surface area (TPSA) is 19.4 Å². The summed E-state index contributed by atoms with van der Waals surface area (Å²) in [6.45, 7) is 10.6. The molecular formula is C19H24ClN3. The van der Waals surface area contributed by atoms with Crippen LogP contribution in [0.3, 0.4) is 0 Å². The largest absolute Gasteiger partial charge is 0.297 e. The second-order valence-electron chi connectivity index (χ2n) is 6.46. The number of rotatable bonds is 4. The zero-order valence-electron chi connectivity index (χ0n) is 13.9. The first-order valence-electron chi connectivity index (χ1n) is 8.21. The summed E-state index contributed by atoms with van der Waals surface area (Å²) in [6.07, 6.45) is 1.97. The van der Waals surface area contributed by atoms with E-state index in [1.54, 1.807) is 0 Å². The number of pyridine rings is 1. The molecule has 3 nitrogen and oxygen atoms in total. The molecule has 1 aromatic carbocycles. The van der Waals surface area contributed by atoms with Crippen LogP contribution in [-0.2, 0) is 13.1 Å². The number of hydrogen-bond donors (Lipinski definition) is 0. The molecule has 2 aromatic rings. The van der Waals surface area contributed by atoms with E-state index in [1.165, 1.54) is 22.4 Å². The fourth-order valence-electron chi connectivity index (χ4n) is 3.12. The summed E-state index contributed by atoms with van der Waals surface area (Å²) in [5.41, 5.74) is 5.03. The van der Waals surface area contributed by atoms with E-state index in [0.717, 1.165) is 44.3 Å². The maximum absolute atomic E-state index is 6.07. The van der Waals surface area contributed by atoms with Crippen molar-refractivity contribution in [1.29, 1.82) is 0 Å². The van der Waals surface area contributed by atoms with E-state index in [-0.39, 0.29) is 0 Å². The van der Waals surface area contributed by atoms with Gasteiger partial charge in [0.25, 0.3) is 0 Å². The van der Waals surface area contributed by atoms with Gasteiger partial charge in [-0.3, -0.25) is 14.8 Å². The molecule has 0 saturated carbocycles. The molecule has 0 N–H and O–H groups in total. The van der Waals surface area contributed by atoms with E-state index in [9.17, 15) is 0 Å². The van der Waals surface area contributed by atoms with E-state index in [0.29, 0.717) is 0 Å². The molecular weight excluding hydrogens is 306 g/mol. The molecule has 1 fully saturated rings. The van der Waals surface area contributed by atoms with Crippen molar-refractivity contribution in [2.75, 3.05) is 26.2 Å². The maximum Gasteiger partial charge on any atom is 0.0573 e. The van der Waals surface area contributed by atoms with Gasteiger partial charge in [0, 0.05) is 50.5 Å². The second-order valence-corrected chi connectivity index (χ2v) is 6.89. The van der Waals surface area contributed by atoms with Crippen LogP contribution in [0.4, 0.5) is 0 Å². The molecule has 0 amide bonds. The van der Waals surface area contributed by atoms with Gasteiger partial charge in [0.1, 0.15) is 0 Å². The number of aromatic nitrogens is 1. The Hall–Kier alpha value is -1.42. The third-order valence-electron chi connectivity index (χ3n) is 4.46. The van der Waals surface area contributed by atoms with Gasteiger partial charge in [-0.2, -0.15) is 0 Å². The van der Waals surface area contributed by atoms with Crippen LogP contribution in [0, 0.1) is 13.8 Å². The molecule has 0 aliphatic carbocycles. The Morgan fingerprint density at radius 3 is 2.35 bits per heavy atom. The number of piperazine rings is 1. The lowest BCUT2D eigenvalue weighted by Gasteiger charge is -2.34. The lowest BCUT2D eigenvalue weighted by Crippen LogP contribution is -2.45. The van der Waals surface area contributed by atoms with Crippen molar-refractivity contribution in [2.45, 2.75) is 26.9 Å². The van der Waals surface area contributed by atoms with Crippen LogP contribution < -0.4 is 0 Å². The van der Waals surface area contributed by atoms with Crippen LogP contribution in [-0.4, -0.2) is 41.0 Å². The lowest BCUT2D eigenvalue weighted by atomic mass is 10.1. The van der Waals surface area contributed by atoms with Crippen LogP contribution in [0.1, 0.15) is 22.4 Å². The minimum atomic E-state index is 0.821. The third kappa shape index (κ3) is 4.54. The van der Waals surface area contributed by atoms with Gasteiger partial charge in [-0.15, -0.1) is 0 Å². The van der Waals surface area contributed by atoms with E-state index in [1.807, 2.05) is 18.3 Å². The predicted octanol–water partition coefficient (Wildman–Crippen LogP) is 3.67. The minimum Gasteiger partial charge on any atom is -0.297 e. The first-order valence-corrected chi connectivity index (χ1v) is 8.59. The summed E-state index contributed by atoms with van der Waals surface area (Å²) in [5.74, 6) is 0. The standard InChI is InChI=1S/C19H24ClN3/c1-15-10-16(2)19(21-12-15)14-23-8-6-22(7-9-23)13-17-4-3-5-18(20)11-17/h3-5,10-12H,6-9,13-14H2,1-2H3. The molecule has 0 bridgehead atoms. The van der Waals surface area contributed by atoms with Crippen molar-refractivity contribution in [3.05, 3.63) is 63.9 Å². The Labute approximate surface area is 143 Å². The fourth-order valence-corrected chi connectivity index (χ4v) is 3.33. The van der Waals surface area contributed by atoms with Crippen molar-refractivity contribution in [1.82, 2.24) is 14.8 Å². The number of hydrogen-bond acceptors (Lipinski definition) is 3. The highest BCUT2D eigenvalue weighted by atomic mass is 35.5. The average molecular weight is 330 g/mol. The van der Waals surface area contributed by atoms with Crippen molar-refractivity contribution < 1.29 is 0 Å². The Bertz CT molecular complexity index is 663. The summed E-state index contributed by atoms with van der Waals surface area (Å²) >= 11 is 6.07. The van der Waals surface area contributed by atoms with Gasteiger partial charge in [-0.1, -0.05) is 29.8 Å². The zero-order chi connectivity index (χ0) is 16.2. The van der Waals surface area contributed by atoms with Gasteiger partial charge in [0.2, 0.25) is 0 Å². The molecule has 1 aliphatic heterocycles. The molecule has 0 radical (unpaired) electrons. The van der Waals surface area contributed by atoms with Crippen LogP contribution in [0.25, 0.3) is 0 Å². The lowest BCUT2D eigenvalue weighted by molar-refractivity contribution is 0.121. The van der Waals surface area contributed by atoms with Gasteiger partial charge in [-0.25, -0.2) is 0 Å². The number of aryl methyl sites for hydroxylation is 2. The van der Waals surface area contributed by atoms with Crippen LogP contribution in [0.2, 0.25) is 5.02 Å². The molecule has 1 aliphatic rings. The third-order valence-corrected chi connectivity index (χ3v) is 4.69. The quantitative estimate of drug-likeness (QED) is 0.853. The Morgan fingerprint density at radius 1 is 1.00 bits per heavy atom. The van der Waals surface area contributed by atoms with Crippen molar-refractivity contribution in [2.24, 2.45) is 0 Å². The Kier molecular flexibility index (Phi) is 5.31. The zero-order valence-corrected chi connectivity index (χ0v) is 14.7. The maximum atomic E-state index is 6.07. The number of benzene rings is 1. The summed E-state index contributed by atoms with van der Waals surface area (Å²) in [4.78, 5) is 9.60. The van der Waals surface area contributed by atoms with Crippen LogP contribution in [0.15, 0.2) is 36.5 Å². The minimum absolute atomic E-state index is 0.821. The summed E-state index contributed by atoms with van der Waals surface area (Å²) in [5, 5.41) is 0.821. The Morgan fingerprint density at radius 2 is 1.70 bits per heavy atom. The summed E-state index contributed by atoms with van der Waals surface area (Å²) in [7, 11) is 0. The van der Waals surface area contributed by atoms with Gasteiger partial charge in [0.15, 0.2) is 0 Å². The Balaban J connectivity index is 1.52. The van der Waals surface area contributed by atoms with E-state index in [2.05, 4.69) is 46.8 Å². The van der Waals surface area contributed by atoms with Gasteiger partial charge < -0.3 is 0 Å². The van der Waals surface area contributed by atoms with E-state index < -0.39 is 0 Å². The molecule has 0 atom stereocenters. The number of halogens is 1. The first kappa shape index (κ1) is 16.4. The molecule has 0 unspecified atom stereocenters. The molecule has 1 aromatic heterocycles. The molecule has 0 spiro atoms. The highest BCUT2D eigenvalue weighted by Gasteiger charge is 2.18. The monoisotopic (exact) mass is 329 g/mol. The van der Waals surface area contributed by atoms with Gasteiger partial charge >= 0.3 is 0 Å². The van der Waals surface area contributed by atoms with Gasteiger partial charge in [0.05, 0.1) is 5.69 Å². The molecule has 2 heterocycles. The van der Waals surface area contributed by atoms with E-state index in [4.69, 9.17) is 11.6 Å². The fraction of sp³-hybridized carbons (Fsp3) is 0.421. The molecule has 3 rings (SSSR count). The van der Waals surface area contributed by atoms with Crippen LogP contribution >= 0.6 is 11.6 Å². The SMILES string of the molecule is Cc1cnc(CN2CCN(Cc3cccc(Cl)c3)CC2)c(C)c1. The normalized spacial score (nSPS) is 16.7. The van der Waals surface area contributed by atoms with E-state index >= 15 is 0 Å².